The number of amides is 1. The number of benzene rings is 1. The van der Waals surface area contributed by atoms with Gasteiger partial charge in [0.1, 0.15) is 0 Å². The van der Waals surface area contributed by atoms with Crippen LogP contribution in [0, 0.1) is 11.8 Å². The van der Waals surface area contributed by atoms with Crippen LogP contribution in [0.25, 0.3) is 11.1 Å². The highest BCUT2D eigenvalue weighted by Crippen LogP contribution is 2.41. The zero-order valence-electron chi connectivity index (χ0n) is 14.1. The molecule has 1 aliphatic carbocycles. The molecule has 10 heteroatoms. The molecule has 1 aromatic carbocycles. The second-order valence-corrected chi connectivity index (χ2v) is 8.21. The minimum absolute atomic E-state index is 0.165. The van der Waals surface area contributed by atoms with E-state index in [1.54, 1.807) is 24.3 Å². The average molecular weight is 390 g/mol. The van der Waals surface area contributed by atoms with Crippen molar-refractivity contribution in [3.8, 4) is 11.1 Å². The average Bonchev–Trinajstić information content (AvgIpc) is 3.02. The number of piperidine rings is 1. The Bertz CT molecular complexity index is 1040. The van der Waals surface area contributed by atoms with E-state index in [0.29, 0.717) is 26.9 Å². The Balaban J connectivity index is 1.64. The first-order valence-electron chi connectivity index (χ1n) is 8.37. The Morgan fingerprint density at radius 3 is 2.56 bits per heavy atom. The van der Waals surface area contributed by atoms with Crippen molar-refractivity contribution in [2.75, 3.05) is 13.1 Å². The number of aromatic carboxylic acids is 1. The van der Waals surface area contributed by atoms with Gasteiger partial charge in [-0.1, -0.05) is 12.1 Å². The standard InChI is InChI=1S/C17H18N4O5S/c18-27(25,26)21-5-4-11(15(21)17(23)24)9-2-1-3-10(6-9)16(22)20-14-12-7-19-8-13(12)14/h1-6,12-14,19H,7-8H2,(H,20,22)(H,23,24)(H2,18,25,26)/t12-,13+,14?. The summed E-state index contributed by atoms with van der Waals surface area (Å²) in [6.07, 6.45) is 1.08. The molecular formula is C17H18N4O5S. The van der Waals surface area contributed by atoms with Crippen LogP contribution in [-0.4, -0.2) is 48.5 Å². The first-order valence-corrected chi connectivity index (χ1v) is 9.87. The van der Waals surface area contributed by atoms with E-state index in [4.69, 9.17) is 5.14 Å². The Kier molecular flexibility index (Phi) is 4.06. The summed E-state index contributed by atoms with van der Waals surface area (Å²) in [7, 11) is -4.26. The lowest BCUT2D eigenvalue weighted by molar-refractivity contribution is 0.0690. The summed E-state index contributed by atoms with van der Waals surface area (Å²) >= 11 is 0. The van der Waals surface area contributed by atoms with Gasteiger partial charge in [0.25, 0.3) is 5.91 Å². The molecule has 142 valence electrons. The molecular weight excluding hydrogens is 372 g/mol. The van der Waals surface area contributed by atoms with E-state index >= 15 is 0 Å². The van der Waals surface area contributed by atoms with Gasteiger partial charge in [-0.15, -0.1) is 0 Å². The maximum Gasteiger partial charge on any atom is 0.354 e. The fourth-order valence-corrected chi connectivity index (χ4v) is 4.43. The van der Waals surface area contributed by atoms with Gasteiger partial charge in [0.2, 0.25) is 0 Å². The normalized spacial score (nSPS) is 23.7. The van der Waals surface area contributed by atoms with Crippen LogP contribution in [-0.2, 0) is 10.2 Å². The Morgan fingerprint density at radius 2 is 1.93 bits per heavy atom. The lowest BCUT2D eigenvalue weighted by Gasteiger charge is -2.10. The summed E-state index contributed by atoms with van der Waals surface area (Å²) in [5.41, 5.74) is 0.488. The molecule has 1 amide bonds. The van der Waals surface area contributed by atoms with Gasteiger partial charge in [-0.05, 0) is 35.6 Å². The van der Waals surface area contributed by atoms with Gasteiger partial charge in [-0.3, -0.25) is 4.79 Å². The van der Waals surface area contributed by atoms with Crippen LogP contribution >= 0.6 is 0 Å². The van der Waals surface area contributed by atoms with Gasteiger partial charge in [0.05, 0.1) is 0 Å². The zero-order valence-corrected chi connectivity index (χ0v) is 14.9. The number of nitrogens with two attached hydrogens (primary N) is 1. The number of hydrogen-bond donors (Lipinski definition) is 4. The second-order valence-electron chi connectivity index (χ2n) is 6.79. The third-order valence-electron chi connectivity index (χ3n) is 5.15. The summed E-state index contributed by atoms with van der Waals surface area (Å²) in [6.45, 7) is 1.80. The first-order chi connectivity index (χ1) is 12.8. The van der Waals surface area contributed by atoms with Crippen LogP contribution in [0.2, 0.25) is 0 Å². The highest BCUT2D eigenvalue weighted by Gasteiger charge is 2.53. The minimum Gasteiger partial charge on any atom is -0.477 e. The molecule has 9 nitrogen and oxygen atoms in total. The van der Waals surface area contributed by atoms with Gasteiger partial charge >= 0.3 is 16.2 Å². The van der Waals surface area contributed by atoms with E-state index in [1.165, 1.54) is 6.07 Å². The molecule has 1 unspecified atom stereocenters. The lowest BCUT2D eigenvalue weighted by atomic mass is 10.0. The summed E-state index contributed by atoms with van der Waals surface area (Å²) < 4.78 is 23.7. The van der Waals surface area contributed by atoms with Gasteiger partial charge in [0.15, 0.2) is 5.69 Å². The molecule has 2 fully saturated rings. The van der Waals surface area contributed by atoms with Gasteiger partial charge in [-0.2, -0.15) is 8.42 Å². The number of hydrogen-bond acceptors (Lipinski definition) is 5. The first kappa shape index (κ1) is 17.7. The van der Waals surface area contributed by atoms with Crippen LogP contribution in [0.4, 0.5) is 0 Å². The largest absolute Gasteiger partial charge is 0.477 e. The predicted molar refractivity (Wildman–Crippen MR) is 96.4 cm³/mol. The predicted octanol–water partition coefficient (Wildman–Crippen LogP) is -0.147. The third kappa shape index (κ3) is 3.11. The van der Waals surface area contributed by atoms with Crippen LogP contribution < -0.4 is 15.8 Å². The van der Waals surface area contributed by atoms with E-state index in [-0.39, 0.29) is 17.5 Å². The smallest absolute Gasteiger partial charge is 0.354 e. The van der Waals surface area contributed by atoms with E-state index in [0.717, 1.165) is 19.3 Å². The van der Waals surface area contributed by atoms with Crippen molar-refractivity contribution in [1.29, 1.82) is 0 Å². The fourth-order valence-electron chi connectivity index (χ4n) is 3.76. The molecule has 0 bridgehead atoms. The fraction of sp³-hybridized carbons (Fsp3) is 0.294. The molecule has 2 heterocycles. The highest BCUT2D eigenvalue weighted by molar-refractivity contribution is 7.87. The third-order valence-corrected chi connectivity index (χ3v) is 6.01. The molecule has 1 saturated heterocycles. The molecule has 2 aliphatic rings. The molecule has 5 N–H and O–H groups in total. The number of nitrogens with one attached hydrogen (secondary N) is 2. The molecule has 1 saturated carbocycles. The molecule has 0 radical (unpaired) electrons. The SMILES string of the molecule is NS(=O)(=O)n1ccc(-c2cccc(C(=O)NC3[C@H]4CNC[C@@H]34)c2)c1C(=O)O. The van der Waals surface area contributed by atoms with Crippen molar-refractivity contribution in [2.45, 2.75) is 6.04 Å². The van der Waals surface area contributed by atoms with Crippen LogP contribution in [0.5, 0.6) is 0 Å². The van der Waals surface area contributed by atoms with Gasteiger partial charge < -0.3 is 15.7 Å². The van der Waals surface area contributed by atoms with Crippen molar-refractivity contribution in [3.63, 3.8) is 0 Å². The Hall–Kier alpha value is -2.69. The maximum atomic E-state index is 12.5. The van der Waals surface area contributed by atoms with Crippen molar-refractivity contribution in [1.82, 2.24) is 14.6 Å². The second kappa shape index (κ2) is 6.19. The van der Waals surface area contributed by atoms with Crippen LogP contribution in [0.3, 0.4) is 0 Å². The zero-order chi connectivity index (χ0) is 19.3. The van der Waals surface area contributed by atoms with Crippen molar-refractivity contribution in [3.05, 3.63) is 47.8 Å². The number of carboxylic acid groups (broad SMARTS) is 1. The Morgan fingerprint density at radius 1 is 1.22 bits per heavy atom. The van der Waals surface area contributed by atoms with Gasteiger partial charge in [0, 0.05) is 36.5 Å². The molecule has 27 heavy (non-hydrogen) atoms. The molecule has 0 spiro atoms. The number of carbonyl (C=O) groups excluding carboxylic acids is 1. The highest BCUT2D eigenvalue weighted by atomic mass is 32.2. The quantitative estimate of drug-likeness (QED) is 0.559. The molecule has 2 aromatic rings. The maximum absolute atomic E-state index is 12.5. The van der Waals surface area contributed by atoms with Crippen molar-refractivity contribution in [2.24, 2.45) is 17.0 Å². The summed E-state index contributed by atoms with van der Waals surface area (Å²) in [5, 5.41) is 20.8. The summed E-state index contributed by atoms with van der Waals surface area (Å²) in [4.78, 5) is 24.1. The number of carbonyl (C=O) groups is 2. The van der Waals surface area contributed by atoms with E-state index in [2.05, 4.69) is 10.6 Å². The van der Waals surface area contributed by atoms with Crippen LogP contribution in [0.15, 0.2) is 36.5 Å². The number of carboxylic acids is 1. The van der Waals surface area contributed by atoms with Crippen molar-refractivity contribution >= 4 is 22.1 Å². The number of nitrogens with zero attached hydrogens (tertiary/aromatic N) is 1. The number of fused-ring (bicyclic) bond motifs is 1. The van der Waals surface area contributed by atoms with Crippen LogP contribution in [0.1, 0.15) is 20.8 Å². The monoisotopic (exact) mass is 390 g/mol. The molecule has 3 atom stereocenters. The molecule has 1 aliphatic heterocycles. The summed E-state index contributed by atoms with van der Waals surface area (Å²) in [6, 6.07) is 7.93. The number of rotatable bonds is 5. The van der Waals surface area contributed by atoms with Gasteiger partial charge in [-0.25, -0.2) is 13.9 Å². The van der Waals surface area contributed by atoms with E-state index in [9.17, 15) is 23.1 Å². The minimum atomic E-state index is -4.26. The molecule has 1 aromatic heterocycles. The molecule has 4 rings (SSSR count). The van der Waals surface area contributed by atoms with Crippen molar-refractivity contribution < 1.29 is 23.1 Å². The lowest BCUT2D eigenvalue weighted by Crippen LogP contribution is -2.32. The Labute approximate surface area is 155 Å². The topological polar surface area (TPSA) is 144 Å². The van der Waals surface area contributed by atoms with E-state index < -0.39 is 21.9 Å². The number of aromatic nitrogens is 1. The summed E-state index contributed by atoms with van der Waals surface area (Å²) in [5.74, 6) is -0.727. The van der Waals surface area contributed by atoms with E-state index in [1.807, 2.05) is 0 Å².